The number of hydrogen-bond donors (Lipinski definition) is 0. The maximum absolute atomic E-state index is 3.69. The zero-order valence-electron chi connectivity index (χ0n) is 34.3. The van der Waals surface area contributed by atoms with Gasteiger partial charge in [-0.05, 0) is 57.7 Å². The summed E-state index contributed by atoms with van der Waals surface area (Å²) in [5.41, 5.74) is 16.7. The van der Waals surface area contributed by atoms with Gasteiger partial charge in [0, 0.05) is 0 Å². The third-order valence-corrected chi connectivity index (χ3v) is 9.40. The Bertz CT molecular complexity index is 1890. The van der Waals surface area contributed by atoms with E-state index in [-0.39, 0.29) is 35.6 Å². The van der Waals surface area contributed by atoms with E-state index in [1.165, 1.54) is 91.0 Å². The van der Waals surface area contributed by atoms with Crippen LogP contribution in [0.2, 0.25) is 0 Å². The summed E-state index contributed by atoms with van der Waals surface area (Å²) in [4.78, 5) is 0. The summed E-state index contributed by atoms with van der Waals surface area (Å²) in [5, 5.41) is 0. The minimum atomic E-state index is 0. The van der Waals surface area contributed by atoms with Gasteiger partial charge < -0.3 is 24.8 Å². The second kappa shape index (κ2) is 23.3. The van der Waals surface area contributed by atoms with Gasteiger partial charge in [-0.1, -0.05) is 193 Å². The number of benzene rings is 6. The summed E-state index contributed by atoms with van der Waals surface area (Å²) in [7, 11) is 0. The van der Waals surface area contributed by atoms with E-state index in [0.717, 1.165) is 6.42 Å². The largest absolute Gasteiger partial charge is 1.00 e. The van der Waals surface area contributed by atoms with Crippen LogP contribution in [0.5, 0.6) is 0 Å². The molecule has 0 aliphatic heterocycles. The molecule has 0 aromatic heterocycles. The van der Waals surface area contributed by atoms with Gasteiger partial charge in [0.2, 0.25) is 0 Å². The van der Waals surface area contributed by atoms with Gasteiger partial charge in [-0.3, -0.25) is 0 Å². The van der Waals surface area contributed by atoms with Crippen LogP contribution in [0.3, 0.4) is 0 Å². The van der Waals surface area contributed by atoms with Crippen LogP contribution in [0, 0.1) is 19.9 Å². The van der Waals surface area contributed by atoms with Crippen molar-refractivity contribution < 1.29 is 49.0 Å². The molecule has 0 fully saturated rings. The molecule has 0 heterocycles. The summed E-state index contributed by atoms with van der Waals surface area (Å²) in [6.07, 6.45) is 1.03. The van der Waals surface area contributed by atoms with Gasteiger partial charge >= 0.3 is 28.4 Å². The standard InChI is InChI=1S/C23H29.2C12H10.C5H5.CH2.2ClH.Zr/c1-14-9-16-11-17-10-15(2)21(23(6,7)8)13-19(17)18(16)12-20(14)22(3,4)5;2*1-3-7-11(8-4-1)12-9-5-2-6-10-12;1-2-4-5-3-1;;;;/h9,12-13H,11H2,1-8H3;2*1-10H;1-5H;1H2;2*1H;/q-1;;;-1;;;;+2/p-2. The third-order valence-electron chi connectivity index (χ3n) is 9.40. The molecule has 7 aromatic rings. The zero-order valence-corrected chi connectivity index (χ0v) is 38.3. The predicted octanol–water partition coefficient (Wildman–Crippen LogP) is 8.36. The first-order chi connectivity index (χ1) is 25.9. The molecule has 0 N–H and O–H groups in total. The Balaban J connectivity index is 0.000000278. The van der Waals surface area contributed by atoms with Crippen LogP contribution < -0.4 is 24.8 Å². The van der Waals surface area contributed by atoms with Crippen LogP contribution in [0.4, 0.5) is 0 Å². The Morgan fingerprint density at radius 1 is 0.500 bits per heavy atom. The number of halogens is 2. The first-order valence-electron chi connectivity index (χ1n) is 18.9. The maximum Gasteiger partial charge on any atom is -0.0184 e. The van der Waals surface area contributed by atoms with E-state index in [2.05, 4.69) is 181 Å². The van der Waals surface area contributed by atoms with Crippen LogP contribution in [0.25, 0.3) is 33.4 Å². The Morgan fingerprint density at radius 2 is 0.857 bits per heavy atom. The minimum absolute atomic E-state index is 0. The SMILES string of the molecule is Cc1[c-]c2c(cc1C(C)(C)C)-c1cc(C(C)(C)C)c(C)cc1C2.[CH2]=[Zr+2].[Cl-].[Cl-].c1cc[cH-]c1.c1ccc(-c2ccccc2)cc1.c1ccc(-c2ccccc2)cc1. The first-order valence-corrected chi connectivity index (χ1v) is 20.6. The summed E-state index contributed by atoms with van der Waals surface area (Å²) in [6.45, 7) is 18.2. The smallest absolute Gasteiger partial charge is 0.0184 e. The van der Waals surface area contributed by atoms with Gasteiger partial charge in [0.05, 0.1) is 0 Å². The van der Waals surface area contributed by atoms with E-state index >= 15 is 0 Å². The molecule has 3 heteroatoms. The molecule has 8 rings (SSSR count). The van der Waals surface area contributed by atoms with E-state index in [1.807, 2.05) is 54.6 Å². The van der Waals surface area contributed by atoms with Crippen molar-refractivity contribution in [2.24, 2.45) is 0 Å². The van der Waals surface area contributed by atoms with E-state index in [4.69, 9.17) is 0 Å². The molecular formula is C53H56Cl2Zr-2. The predicted molar refractivity (Wildman–Crippen MR) is 233 cm³/mol. The molecule has 1 aliphatic rings. The van der Waals surface area contributed by atoms with Crippen molar-refractivity contribution >= 4 is 4.21 Å². The van der Waals surface area contributed by atoms with Gasteiger partial charge in [-0.15, -0.1) is 16.7 Å². The van der Waals surface area contributed by atoms with Gasteiger partial charge in [-0.2, -0.15) is 35.9 Å². The topological polar surface area (TPSA) is 0 Å². The molecule has 0 radical (unpaired) electrons. The number of aryl methyl sites for hydroxylation is 2. The number of hydrogen-bond acceptors (Lipinski definition) is 0. The van der Waals surface area contributed by atoms with Crippen molar-refractivity contribution in [1.29, 1.82) is 0 Å². The van der Waals surface area contributed by atoms with E-state index in [0.29, 0.717) is 0 Å². The Kier molecular flexibility index (Phi) is 20.0. The van der Waals surface area contributed by atoms with E-state index in [1.54, 1.807) is 0 Å². The molecule has 288 valence electrons. The normalized spacial score (nSPS) is 10.7. The van der Waals surface area contributed by atoms with Gasteiger partial charge in [0.25, 0.3) is 0 Å². The van der Waals surface area contributed by atoms with Crippen molar-refractivity contribution in [2.45, 2.75) is 72.6 Å². The van der Waals surface area contributed by atoms with Crippen LogP contribution in [-0.2, 0) is 41.5 Å². The third kappa shape index (κ3) is 13.9. The molecule has 0 saturated carbocycles. The molecule has 0 atom stereocenters. The molecule has 0 bridgehead atoms. The molecule has 0 saturated heterocycles. The van der Waals surface area contributed by atoms with Crippen molar-refractivity contribution in [3.63, 3.8) is 0 Å². The molecule has 0 spiro atoms. The van der Waals surface area contributed by atoms with Crippen LogP contribution in [0.15, 0.2) is 170 Å². The summed E-state index contributed by atoms with van der Waals surface area (Å²) in [5.74, 6) is 0. The minimum Gasteiger partial charge on any atom is -1.00 e. The molecule has 0 amide bonds. The van der Waals surface area contributed by atoms with Gasteiger partial charge in [-0.25, -0.2) is 12.1 Å². The summed E-state index contributed by atoms with van der Waals surface area (Å²) < 4.78 is 3.34. The fourth-order valence-electron chi connectivity index (χ4n) is 6.87. The quantitative estimate of drug-likeness (QED) is 0.154. The average molecular weight is 855 g/mol. The summed E-state index contributed by atoms with van der Waals surface area (Å²) in [6, 6.07) is 62.5. The molecule has 56 heavy (non-hydrogen) atoms. The molecular weight excluding hydrogens is 799 g/mol. The van der Waals surface area contributed by atoms with Crippen LogP contribution >= 0.6 is 0 Å². The Labute approximate surface area is 366 Å². The van der Waals surface area contributed by atoms with E-state index < -0.39 is 0 Å². The van der Waals surface area contributed by atoms with Gasteiger partial charge in [0.15, 0.2) is 0 Å². The van der Waals surface area contributed by atoms with Crippen LogP contribution in [0.1, 0.15) is 74.9 Å². The van der Waals surface area contributed by atoms with Crippen molar-refractivity contribution in [3.8, 4) is 33.4 Å². The Morgan fingerprint density at radius 3 is 1.18 bits per heavy atom. The van der Waals surface area contributed by atoms with Crippen molar-refractivity contribution in [1.82, 2.24) is 0 Å². The fourth-order valence-corrected chi connectivity index (χ4v) is 6.87. The molecule has 7 aromatic carbocycles. The Hall–Kier alpha value is -4.00. The second-order valence-corrected chi connectivity index (χ2v) is 15.6. The average Bonchev–Trinajstić information content (AvgIpc) is 3.88. The van der Waals surface area contributed by atoms with E-state index in [9.17, 15) is 0 Å². The van der Waals surface area contributed by atoms with Gasteiger partial charge in [0.1, 0.15) is 0 Å². The maximum atomic E-state index is 3.69. The fraction of sp³-hybridized carbons (Fsp3) is 0.208. The molecule has 1 aliphatic carbocycles. The monoisotopic (exact) mass is 852 g/mol. The molecule has 0 unspecified atom stereocenters. The van der Waals surface area contributed by atoms with Crippen molar-refractivity contribution in [3.05, 3.63) is 209 Å². The first kappa shape index (κ1) is 48.2. The number of fused-ring (bicyclic) bond motifs is 3. The zero-order chi connectivity index (χ0) is 39.1. The number of rotatable bonds is 2. The summed E-state index contributed by atoms with van der Waals surface area (Å²) >= 11 is 1.30. The van der Waals surface area contributed by atoms with Crippen molar-refractivity contribution in [2.75, 3.05) is 0 Å². The second-order valence-electron chi connectivity index (χ2n) is 15.6. The molecule has 0 nitrogen and oxygen atoms in total. The van der Waals surface area contributed by atoms with Crippen LogP contribution in [-0.4, -0.2) is 4.21 Å².